The van der Waals surface area contributed by atoms with Crippen molar-refractivity contribution in [1.29, 1.82) is 0 Å². The van der Waals surface area contributed by atoms with Crippen molar-refractivity contribution in [3.63, 3.8) is 0 Å². The molecule has 1 amide bonds. The molecule has 0 bridgehead atoms. The third kappa shape index (κ3) is 3.25. The van der Waals surface area contributed by atoms with E-state index in [-0.39, 0.29) is 5.91 Å². The number of thioether (sulfide) groups is 1. The lowest BCUT2D eigenvalue weighted by molar-refractivity contribution is -0.120. The third-order valence-electron chi connectivity index (χ3n) is 3.38. The van der Waals surface area contributed by atoms with Gasteiger partial charge in [-0.25, -0.2) is 0 Å². The van der Waals surface area contributed by atoms with E-state index in [0.29, 0.717) is 13.0 Å². The Hall–Kier alpha value is -1.68. The van der Waals surface area contributed by atoms with Crippen LogP contribution >= 0.6 is 11.8 Å². The highest BCUT2D eigenvalue weighted by Crippen LogP contribution is 2.30. The Morgan fingerprint density at radius 3 is 3.15 bits per heavy atom. The molecule has 0 radical (unpaired) electrons. The summed E-state index contributed by atoms with van der Waals surface area (Å²) < 4.78 is 5.19. The van der Waals surface area contributed by atoms with Gasteiger partial charge in [-0.15, -0.1) is 11.8 Å². The number of aryl methyl sites for hydroxylation is 1. The maximum absolute atomic E-state index is 11.9. The summed E-state index contributed by atoms with van der Waals surface area (Å²) in [7, 11) is 0. The summed E-state index contributed by atoms with van der Waals surface area (Å²) in [6, 6.07) is 10.1. The van der Waals surface area contributed by atoms with E-state index in [9.17, 15) is 4.79 Å². The largest absolute Gasteiger partial charge is 0.467 e. The lowest BCUT2D eigenvalue weighted by Crippen LogP contribution is -2.24. The smallest absolute Gasteiger partial charge is 0.224 e. The molecule has 2 heterocycles. The molecule has 0 saturated carbocycles. The fraction of sp³-hybridized carbons (Fsp3) is 0.312. The summed E-state index contributed by atoms with van der Waals surface area (Å²) in [6.07, 6.45) is 4.40. The van der Waals surface area contributed by atoms with Crippen LogP contribution in [0.4, 0.5) is 0 Å². The van der Waals surface area contributed by atoms with Crippen molar-refractivity contribution in [2.75, 3.05) is 5.75 Å². The van der Waals surface area contributed by atoms with Gasteiger partial charge < -0.3 is 9.73 Å². The Balaban J connectivity index is 1.58. The zero-order valence-corrected chi connectivity index (χ0v) is 12.0. The van der Waals surface area contributed by atoms with Crippen molar-refractivity contribution < 1.29 is 9.21 Å². The van der Waals surface area contributed by atoms with Crippen molar-refractivity contribution in [2.24, 2.45) is 0 Å². The zero-order chi connectivity index (χ0) is 13.8. The first kappa shape index (κ1) is 13.3. The molecular weight excluding hydrogens is 270 g/mol. The van der Waals surface area contributed by atoms with Gasteiger partial charge in [0.2, 0.25) is 5.91 Å². The SMILES string of the molecule is O=C(Cc1ccc2c(c1)CCCS2)NCc1ccco1. The highest BCUT2D eigenvalue weighted by Gasteiger charge is 2.11. The van der Waals surface area contributed by atoms with Gasteiger partial charge in [0, 0.05) is 4.90 Å². The summed E-state index contributed by atoms with van der Waals surface area (Å²) in [5, 5.41) is 2.88. The highest BCUT2D eigenvalue weighted by molar-refractivity contribution is 7.99. The molecule has 0 fully saturated rings. The van der Waals surface area contributed by atoms with Crippen LogP contribution in [0.1, 0.15) is 23.3 Å². The van der Waals surface area contributed by atoms with Gasteiger partial charge in [-0.1, -0.05) is 12.1 Å². The number of hydrogen-bond donors (Lipinski definition) is 1. The highest BCUT2D eigenvalue weighted by atomic mass is 32.2. The minimum atomic E-state index is 0.0322. The molecule has 1 aromatic heterocycles. The average molecular weight is 287 g/mol. The molecule has 3 nitrogen and oxygen atoms in total. The van der Waals surface area contributed by atoms with E-state index in [0.717, 1.165) is 17.7 Å². The average Bonchev–Trinajstić information content (AvgIpc) is 2.98. The molecule has 1 aliphatic rings. The second-order valence-electron chi connectivity index (χ2n) is 4.93. The normalized spacial score (nSPS) is 13.8. The van der Waals surface area contributed by atoms with Crippen LogP contribution in [0.2, 0.25) is 0 Å². The van der Waals surface area contributed by atoms with Crippen LogP contribution in [0, 0.1) is 0 Å². The monoisotopic (exact) mass is 287 g/mol. The molecule has 0 spiro atoms. The number of furan rings is 1. The summed E-state index contributed by atoms with van der Waals surface area (Å²) in [4.78, 5) is 13.3. The number of nitrogens with one attached hydrogen (secondary N) is 1. The second-order valence-corrected chi connectivity index (χ2v) is 6.06. The molecule has 0 unspecified atom stereocenters. The number of carbonyl (C=O) groups is 1. The predicted octanol–water partition coefficient (Wildman–Crippen LogP) is 3.18. The lowest BCUT2D eigenvalue weighted by atomic mass is 10.0. The predicted molar refractivity (Wildman–Crippen MR) is 79.7 cm³/mol. The molecule has 1 aromatic carbocycles. The van der Waals surface area contributed by atoms with E-state index >= 15 is 0 Å². The molecule has 1 aliphatic heterocycles. The summed E-state index contributed by atoms with van der Waals surface area (Å²) >= 11 is 1.91. The van der Waals surface area contributed by atoms with E-state index in [2.05, 4.69) is 23.5 Å². The summed E-state index contributed by atoms with van der Waals surface area (Å²) in [6.45, 7) is 0.451. The number of amides is 1. The number of rotatable bonds is 4. The first-order valence-corrected chi connectivity index (χ1v) is 7.83. The van der Waals surface area contributed by atoms with Crippen LogP contribution < -0.4 is 5.32 Å². The van der Waals surface area contributed by atoms with Crippen LogP contribution in [0.25, 0.3) is 0 Å². The quantitative estimate of drug-likeness (QED) is 0.939. The second kappa shape index (κ2) is 6.18. The number of benzene rings is 1. The molecule has 104 valence electrons. The van der Waals surface area contributed by atoms with Crippen molar-refractivity contribution in [3.05, 3.63) is 53.5 Å². The molecule has 4 heteroatoms. The van der Waals surface area contributed by atoms with Crippen LogP contribution in [0.5, 0.6) is 0 Å². The van der Waals surface area contributed by atoms with Crippen molar-refractivity contribution in [3.8, 4) is 0 Å². The molecule has 3 rings (SSSR count). The number of fused-ring (bicyclic) bond motifs is 1. The molecule has 0 saturated heterocycles. The lowest BCUT2D eigenvalue weighted by Gasteiger charge is -2.15. The van der Waals surface area contributed by atoms with E-state index < -0.39 is 0 Å². The van der Waals surface area contributed by atoms with Gasteiger partial charge in [0.05, 0.1) is 19.2 Å². The third-order valence-corrected chi connectivity index (χ3v) is 4.58. The van der Waals surface area contributed by atoms with E-state index in [4.69, 9.17) is 4.42 Å². The summed E-state index contributed by atoms with van der Waals surface area (Å²) in [5.41, 5.74) is 2.47. The van der Waals surface area contributed by atoms with Crippen molar-refractivity contribution in [2.45, 2.75) is 30.7 Å². The Bertz CT molecular complexity index is 593. The summed E-state index contributed by atoms with van der Waals surface area (Å²) in [5.74, 6) is 2.01. The van der Waals surface area contributed by atoms with Crippen LogP contribution in [0.3, 0.4) is 0 Å². The van der Waals surface area contributed by atoms with Gasteiger partial charge in [0.25, 0.3) is 0 Å². The number of hydrogen-bond acceptors (Lipinski definition) is 3. The van der Waals surface area contributed by atoms with Crippen LogP contribution in [0.15, 0.2) is 45.9 Å². The van der Waals surface area contributed by atoms with Crippen molar-refractivity contribution >= 4 is 17.7 Å². The number of carbonyl (C=O) groups excluding carboxylic acids is 1. The van der Waals surface area contributed by atoms with Gasteiger partial charge in [-0.05, 0) is 47.9 Å². The zero-order valence-electron chi connectivity index (χ0n) is 11.2. The first-order chi connectivity index (χ1) is 9.81. The molecule has 0 atom stereocenters. The minimum Gasteiger partial charge on any atom is -0.467 e. The van der Waals surface area contributed by atoms with Crippen molar-refractivity contribution in [1.82, 2.24) is 5.32 Å². The molecule has 1 N–H and O–H groups in total. The fourth-order valence-corrected chi connectivity index (χ4v) is 3.39. The van der Waals surface area contributed by atoms with Gasteiger partial charge >= 0.3 is 0 Å². The van der Waals surface area contributed by atoms with Gasteiger partial charge in [0.15, 0.2) is 0 Å². The first-order valence-electron chi connectivity index (χ1n) is 6.85. The molecule has 0 aliphatic carbocycles. The van der Waals surface area contributed by atoms with E-state index in [1.54, 1.807) is 6.26 Å². The Kier molecular flexibility index (Phi) is 4.11. The Morgan fingerprint density at radius 1 is 1.35 bits per heavy atom. The van der Waals surface area contributed by atoms with Gasteiger partial charge in [0.1, 0.15) is 5.76 Å². The van der Waals surface area contributed by atoms with Crippen LogP contribution in [-0.2, 0) is 24.2 Å². The van der Waals surface area contributed by atoms with E-state index in [1.807, 2.05) is 23.9 Å². The minimum absolute atomic E-state index is 0.0322. The van der Waals surface area contributed by atoms with Crippen LogP contribution in [-0.4, -0.2) is 11.7 Å². The maximum Gasteiger partial charge on any atom is 0.224 e. The maximum atomic E-state index is 11.9. The van der Waals surface area contributed by atoms with Gasteiger partial charge in [-0.3, -0.25) is 4.79 Å². The Morgan fingerprint density at radius 2 is 2.30 bits per heavy atom. The Labute approximate surface area is 122 Å². The van der Waals surface area contributed by atoms with E-state index in [1.165, 1.54) is 22.6 Å². The fourth-order valence-electron chi connectivity index (χ4n) is 2.37. The topological polar surface area (TPSA) is 42.2 Å². The van der Waals surface area contributed by atoms with Gasteiger partial charge in [-0.2, -0.15) is 0 Å². The molecular formula is C16H17NO2S. The standard InChI is InChI=1S/C16H17NO2S/c18-16(17-11-14-4-1-7-19-14)10-12-5-6-15-13(9-12)3-2-8-20-15/h1,4-7,9H,2-3,8,10-11H2,(H,17,18). The molecule has 20 heavy (non-hydrogen) atoms. The molecule has 2 aromatic rings.